The van der Waals surface area contributed by atoms with E-state index in [9.17, 15) is 18.8 Å². The number of hydrogen-bond donors (Lipinski definition) is 0. The van der Waals surface area contributed by atoms with Gasteiger partial charge in [0.1, 0.15) is 11.9 Å². The lowest BCUT2D eigenvalue weighted by Gasteiger charge is -2.38. The number of carbonyl (C=O) groups is 1. The van der Waals surface area contributed by atoms with E-state index >= 15 is 0 Å². The molecular weight excluding hydrogens is 362 g/mol. The molecule has 1 aliphatic carbocycles. The maximum Gasteiger partial charge on any atom is 0.251 e. The number of anilines is 1. The number of amides is 1. The summed E-state index contributed by atoms with van der Waals surface area (Å²) in [6.45, 7) is 1.53. The predicted molar refractivity (Wildman–Crippen MR) is 101 cm³/mol. The standard InChI is InChI=1S/C21H26F2N4O/c22-21(23)7-10-26(11-8-21)20(28)16-5-3-9-27(14-16)19-17(13-24)12-15-4-1-2-6-18(15)25-19/h12,16H,1-11,14H2. The Morgan fingerprint density at radius 1 is 1.18 bits per heavy atom. The van der Waals surface area contributed by atoms with E-state index < -0.39 is 5.92 Å². The minimum Gasteiger partial charge on any atom is -0.355 e. The molecule has 7 heteroatoms. The fourth-order valence-corrected chi connectivity index (χ4v) is 4.63. The second kappa shape index (κ2) is 7.65. The van der Waals surface area contributed by atoms with Gasteiger partial charge < -0.3 is 9.80 Å². The predicted octanol–water partition coefficient (Wildman–Crippen LogP) is 3.31. The molecule has 150 valence electrons. The molecule has 3 aliphatic rings. The average molecular weight is 388 g/mol. The minimum absolute atomic E-state index is 0.0309. The van der Waals surface area contributed by atoms with Gasteiger partial charge in [-0.2, -0.15) is 5.26 Å². The SMILES string of the molecule is N#Cc1cc2c(nc1N1CCCC(C(=O)N3CCC(F)(F)CC3)C1)CCCC2. The summed E-state index contributed by atoms with van der Waals surface area (Å²) in [4.78, 5) is 21.4. The molecule has 0 bridgehead atoms. The maximum atomic E-state index is 13.4. The Morgan fingerprint density at radius 3 is 2.68 bits per heavy atom. The van der Waals surface area contributed by atoms with Crippen LogP contribution in [0.25, 0.3) is 0 Å². The van der Waals surface area contributed by atoms with Crippen LogP contribution in [-0.2, 0) is 17.6 Å². The van der Waals surface area contributed by atoms with Crippen molar-refractivity contribution in [3.05, 3.63) is 22.9 Å². The molecule has 3 heterocycles. The molecule has 1 atom stereocenters. The lowest BCUT2D eigenvalue weighted by Crippen LogP contribution is -2.49. The zero-order valence-corrected chi connectivity index (χ0v) is 16.1. The molecule has 4 rings (SSSR count). The molecule has 2 aliphatic heterocycles. The fourth-order valence-electron chi connectivity index (χ4n) is 4.63. The first-order chi connectivity index (χ1) is 13.5. The number of likely N-dealkylation sites (tertiary alicyclic amines) is 1. The van der Waals surface area contributed by atoms with E-state index in [0.29, 0.717) is 17.9 Å². The van der Waals surface area contributed by atoms with E-state index in [1.54, 1.807) is 4.90 Å². The highest BCUT2D eigenvalue weighted by atomic mass is 19.3. The van der Waals surface area contributed by atoms with E-state index in [4.69, 9.17) is 4.98 Å². The Bertz CT molecular complexity index is 794. The smallest absolute Gasteiger partial charge is 0.251 e. The van der Waals surface area contributed by atoms with Gasteiger partial charge in [0, 0.05) is 44.7 Å². The van der Waals surface area contributed by atoms with E-state index in [2.05, 4.69) is 11.0 Å². The highest BCUT2D eigenvalue weighted by Crippen LogP contribution is 2.32. The van der Waals surface area contributed by atoms with Crippen molar-refractivity contribution in [3.63, 3.8) is 0 Å². The first kappa shape index (κ1) is 19.1. The molecule has 1 amide bonds. The monoisotopic (exact) mass is 388 g/mol. The van der Waals surface area contributed by atoms with Crippen LogP contribution in [0, 0.1) is 17.2 Å². The van der Waals surface area contributed by atoms with Gasteiger partial charge in [0.05, 0.1) is 11.5 Å². The van der Waals surface area contributed by atoms with Gasteiger partial charge in [0.25, 0.3) is 5.92 Å². The number of fused-ring (bicyclic) bond motifs is 1. The molecule has 1 unspecified atom stereocenters. The summed E-state index contributed by atoms with van der Waals surface area (Å²) in [5.41, 5.74) is 2.82. The van der Waals surface area contributed by atoms with Gasteiger partial charge in [0.15, 0.2) is 0 Å². The van der Waals surface area contributed by atoms with Crippen molar-refractivity contribution in [1.29, 1.82) is 5.26 Å². The minimum atomic E-state index is -2.65. The summed E-state index contributed by atoms with van der Waals surface area (Å²) in [5.74, 6) is -2.21. The summed E-state index contributed by atoms with van der Waals surface area (Å²) in [6, 6.07) is 4.24. The van der Waals surface area contributed by atoms with Crippen LogP contribution in [0.5, 0.6) is 0 Å². The van der Waals surface area contributed by atoms with E-state index in [-0.39, 0.29) is 37.8 Å². The number of rotatable bonds is 2. The number of aryl methyl sites for hydroxylation is 2. The van der Waals surface area contributed by atoms with Crippen molar-refractivity contribution >= 4 is 11.7 Å². The average Bonchev–Trinajstić information content (AvgIpc) is 2.72. The fraction of sp³-hybridized carbons (Fsp3) is 0.667. The van der Waals surface area contributed by atoms with Crippen molar-refractivity contribution in [3.8, 4) is 6.07 Å². The molecule has 2 fully saturated rings. The number of alkyl halides is 2. The first-order valence-corrected chi connectivity index (χ1v) is 10.3. The summed E-state index contributed by atoms with van der Waals surface area (Å²) in [5, 5.41) is 9.62. The van der Waals surface area contributed by atoms with Gasteiger partial charge in [-0.3, -0.25) is 4.79 Å². The van der Waals surface area contributed by atoms with Crippen LogP contribution < -0.4 is 4.90 Å². The van der Waals surface area contributed by atoms with Crippen LogP contribution in [0.1, 0.15) is 55.3 Å². The molecule has 0 N–H and O–H groups in total. The largest absolute Gasteiger partial charge is 0.355 e. The highest BCUT2D eigenvalue weighted by Gasteiger charge is 2.38. The topological polar surface area (TPSA) is 60.2 Å². The van der Waals surface area contributed by atoms with Crippen LogP contribution in [0.15, 0.2) is 6.07 Å². The molecule has 0 spiro atoms. The third kappa shape index (κ3) is 3.82. The Morgan fingerprint density at radius 2 is 1.93 bits per heavy atom. The molecule has 0 radical (unpaired) electrons. The number of piperidine rings is 2. The molecular formula is C21H26F2N4O. The summed E-state index contributed by atoms with van der Waals surface area (Å²) in [6.07, 6.45) is 5.25. The normalized spacial score (nSPS) is 24.4. The number of hydrogen-bond acceptors (Lipinski definition) is 4. The number of aromatic nitrogens is 1. The highest BCUT2D eigenvalue weighted by molar-refractivity contribution is 5.80. The van der Waals surface area contributed by atoms with Crippen molar-refractivity contribution in [2.24, 2.45) is 5.92 Å². The van der Waals surface area contributed by atoms with E-state index in [0.717, 1.165) is 50.8 Å². The third-order valence-electron chi connectivity index (χ3n) is 6.28. The van der Waals surface area contributed by atoms with Gasteiger partial charge in [-0.05, 0) is 50.2 Å². The lowest BCUT2D eigenvalue weighted by molar-refractivity contribution is -0.141. The summed E-state index contributed by atoms with van der Waals surface area (Å²) in [7, 11) is 0. The molecule has 1 aromatic heterocycles. The zero-order valence-electron chi connectivity index (χ0n) is 16.1. The Balaban J connectivity index is 1.50. The number of pyridine rings is 1. The molecule has 0 saturated carbocycles. The van der Waals surface area contributed by atoms with E-state index in [1.165, 1.54) is 5.56 Å². The van der Waals surface area contributed by atoms with Crippen LogP contribution in [0.4, 0.5) is 14.6 Å². The second-order valence-corrected chi connectivity index (χ2v) is 8.25. The van der Waals surface area contributed by atoms with Crippen molar-refractivity contribution in [2.75, 3.05) is 31.1 Å². The number of halogens is 2. The Kier molecular flexibility index (Phi) is 5.22. The summed E-state index contributed by atoms with van der Waals surface area (Å²) < 4.78 is 26.8. The van der Waals surface area contributed by atoms with Crippen LogP contribution in [0.3, 0.4) is 0 Å². The molecule has 2 saturated heterocycles. The van der Waals surface area contributed by atoms with Gasteiger partial charge in [-0.1, -0.05) is 0 Å². The molecule has 5 nitrogen and oxygen atoms in total. The number of nitriles is 1. The van der Waals surface area contributed by atoms with Crippen molar-refractivity contribution < 1.29 is 13.6 Å². The van der Waals surface area contributed by atoms with Crippen molar-refractivity contribution in [2.45, 2.75) is 57.3 Å². The molecule has 0 aromatic carbocycles. The van der Waals surface area contributed by atoms with Crippen LogP contribution >= 0.6 is 0 Å². The third-order valence-corrected chi connectivity index (χ3v) is 6.28. The van der Waals surface area contributed by atoms with E-state index in [1.807, 2.05) is 6.07 Å². The maximum absolute atomic E-state index is 13.4. The second-order valence-electron chi connectivity index (χ2n) is 8.25. The van der Waals surface area contributed by atoms with Gasteiger partial charge in [-0.25, -0.2) is 13.8 Å². The Hall–Kier alpha value is -2.23. The number of carbonyl (C=O) groups excluding carboxylic acids is 1. The van der Waals surface area contributed by atoms with Crippen LogP contribution in [0.2, 0.25) is 0 Å². The zero-order chi connectivity index (χ0) is 19.7. The van der Waals surface area contributed by atoms with Gasteiger partial charge >= 0.3 is 0 Å². The van der Waals surface area contributed by atoms with Gasteiger partial charge in [0.2, 0.25) is 5.91 Å². The lowest BCUT2D eigenvalue weighted by atomic mass is 9.93. The number of nitrogens with zero attached hydrogens (tertiary/aromatic N) is 4. The quantitative estimate of drug-likeness (QED) is 0.780. The Labute approximate surface area is 164 Å². The van der Waals surface area contributed by atoms with Crippen molar-refractivity contribution in [1.82, 2.24) is 9.88 Å². The van der Waals surface area contributed by atoms with Crippen LogP contribution in [-0.4, -0.2) is 47.9 Å². The van der Waals surface area contributed by atoms with Gasteiger partial charge in [-0.15, -0.1) is 0 Å². The molecule has 28 heavy (non-hydrogen) atoms. The molecule has 1 aromatic rings. The summed E-state index contributed by atoms with van der Waals surface area (Å²) >= 11 is 0. The first-order valence-electron chi connectivity index (χ1n) is 10.3.